The van der Waals surface area contributed by atoms with Gasteiger partial charge >= 0.3 is 11.4 Å². The maximum atomic E-state index is 12.3. The number of aliphatic hydroxyl groups is 3. The summed E-state index contributed by atoms with van der Waals surface area (Å²) in [5.74, 6) is 0. The molecule has 0 spiro atoms. The van der Waals surface area contributed by atoms with E-state index in [-0.39, 0.29) is 11.3 Å². The van der Waals surface area contributed by atoms with Gasteiger partial charge in [0.2, 0.25) is 0 Å². The Morgan fingerprint density at radius 1 is 1.08 bits per heavy atom. The summed E-state index contributed by atoms with van der Waals surface area (Å²) < 4.78 is 6.44. The summed E-state index contributed by atoms with van der Waals surface area (Å²) in [6.07, 6.45) is 6.30. The quantitative estimate of drug-likeness (QED) is 0.202. The van der Waals surface area contributed by atoms with E-state index in [9.17, 15) is 34.5 Å². The van der Waals surface area contributed by atoms with Crippen LogP contribution in [-0.4, -0.2) is 66.3 Å². The third kappa shape index (κ3) is 7.46. The molecule has 36 heavy (non-hydrogen) atoms. The number of aromatic nitrogens is 4. The van der Waals surface area contributed by atoms with Crippen LogP contribution in [0.1, 0.15) is 11.9 Å². The minimum absolute atomic E-state index is 0.176. The highest BCUT2D eigenvalue weighted by molar-refractivity contribution is 5.64. The summed E-state index contributed by atoms with van der Waals surface area (Å²) in [6, 6.07) is 2.42. The van der Waals surface area contributed by atoms with Crippen molar-refractivity contribution in [3.63, 3.8) is 0 Å². The van der Waals surface area contributed by atoms with Crippen LogP contribution in [0, 0.1) is 0 Å². The fourth-order valence-electron chi connectivity index (χ4n) is 3.06. The Morgan fingerprint density at radius 2 is 1.81 bits per heavy atom. The van der Waals surface area contributed by atoms with Gasteiger partial charge in [0, 0.05) is 31.1 Å². The van der Waals surface area contributed by atoms with E-state index < -0.39 is 48.1 Å². The van der Waals surface area contributed by atoms with Gasteiger partial charge in [-0.2, -0.15) is 0 Å². The summed E-state index contributed by atoms with van der Waals surface area (Å²) >= 11 is 0. The Labute approximate surface area is 203 Å². The molecule has 0 amide bonds. The Bertz CT molecular complexity index is 1310. The molecule has 14 nitrogen and oxygen atoms in total. The maximum absolute atomic E-state index is 12.3. The smallest absolute Gasteiger partial charge is 0.331 e. The SMILES string of the molecule is C=CCN.O=c1cc(C2=CC=CC=CN2)n([C@@H]2O[C@H](CO)[C@@H](O)[C@H]2O)c(=O)[nH]1.O=c1cc[nH]c(=O)[nH]1. The van der Waals surface area contributed by atoms with Gasteiger partial charge in [0.15, 0.2) is 6.23 Å². The Morgan fingerprint density at radius 3 is 2.36 bits per heavy atom. The second kappa shape index (κ2) is 13.7. The zero-order valence-electron chi connectivity index (χ0n) is 19.0. The number of hydrogen-bond donors (Lipinski definition) is 8. The van der Waals surface area contributed by atoms with Gasteiger partial charge in [-0.25, -0.2) is 9.59 Å². The minimum atomic E-state index is -1.44. The zero-order valence-corrected chi connectivity index (χ0v) is 19.0. The number of nitrogens with zero attached hydrogens (tertiary/aromatic N) is 1. The predicted molar refractivity (Wildman–Crippen MR) is 131 cm³/mol. The van der Waals surface area contributed by atoms with Crippen LogP contribution in [0.15, 0.2) is 80.7 Å². The molecule has 14 heteroatoms. The molecule has 0 aliphatic carbocycles. The number of H-pyrrole nitrogens is 3. The first-order valence-corrected chi connectivity index (χ1v) is 10.6. The van der Waals surface area contributed by atoms with E-state index in [4.69, 9.17) is 10.5 Å². The molecule has 0 bridgehead atoms. The third-order valence-corrected chi connectivity index (χ3v) is 4.70. The van der Waals surface area contributed by atoms with Crippen molar-refractivity contribution in [2.45, 2.75) is 24.5 Å². The molecule has 0 saturated carbocycles. The van der Waals surface area contributed by atoms with Crippen LogP contribution in [-0.2, 0) is 4.74 Å². The summed E-state index contributed by atoms with van der Waals surface area (Å²) in [6.45, 7) is 3.42. The molecule has 4 atom stereocenters. The number of rotatable bonds is 4. The summed E-state index contributed by atoms with van der Waals surface area (Å²) in [5.41, 5.74) is 3.25. The molecule has 0 aromatic carbocycles. The molecule has 1 fully saturated rings. The van der Waals surface area contributed by atoms with Gasteiger partial charge in [-0.3, -0.25) is 24.1 Å². The number of aromatic amines is 3. The lowest BCUT2D eigenvalue weighted by Crippen LogP contribution is -2.40. The van der Waals surface area contributed by atoms with Gasteiger partial charge in [-0.15, -0.1) is 6.58 Å². The Kier molecular flexibility index (Phi) is 10.7. The van der Waals surface area contributed by atoms with Gasteiger partial charge in [-0.1, -0.05) is 18.2 Å². The molecular formula is C22H28N6O8. The molecular weight excluding hydrogens is 476 g/mol. The average molecular weight is 505 g/mol. The molecule has 2 aliphatic rings. The number of nitrogens with two attached hydrogens (primary N) is 1. The molecule has 0 unspecified atom stereocenters. The lowest BCUT2D eigenvalue weighted by atomic mass is 10.1. The minimum Gasteiger partial charge on any atom is -0.394 e. The number of allylic oxidation sites excluding steroid dienone is 4. The fraction of sp³-hybridized carbons (Fsp3) is 0.273. The van der Waals surface area contributed by atoms with Gasteiger partial charge < -0.3 is 36.1 Å². The van der Waals surface area contributed by atoms with Crippen LogP contribution < -0.4 is 33.5 Å². The highest BCUT2D eigenvalue weighted by Gasteiger charge is 2.44. The van der Waals surface area contributed by atoms with E-state index in [1.807, 2.05) is 4.98 Å². The van der Waals surface area contributed by atoms with Gasteiger partial charge in [-0.05, 0) is 12.2 Å². The normalized spacial score (nSPS) is 22.2. The molecule has 194 valence electrons. The molecule has 2 aromatic heterocycles. The molecule has 1 saturated heterocycles. The van der Waals surface area contributed by atoms with E-state index >= 15 is 0 Å². The summed E-state index contributed by atoms with van der Waals surface area (Å²) in [4.78, 5) is 50.8. The van der Waals surface area contributed by atoms with Crippen molar-refractivity contribution in [3.8, 4) is 0 Å². The van der Waals surface area contributed by atoms with E-state index in [1.165, 1.54) is 18.3 Å². The van der Waals surface area contributed by atoms with Crippen LogP contribution in [0.3, 0.4) is 0 Å². The number of ether oxygens (including phenoxy) is 1. The van der Waals surface area contributed by atoms with Crippen molar-refractivity contribution in [1.82, 2.24) is 24.8 Å². The second-order valence-electron chi connectivity index (χ2n) is 7.21. The Hall–Kier alpha value is -4.08. The van der Waals surface area contributed by atoms with Gasteiger partial charge in [0.05, 0.1) is 18.0 Å². The van der Waals surface area contributed by atoms with E-state index in [0.29, 0.717) is 12.2 Å². The first-order valence-electron chi connectivity index (χ1n) is 10.6. The van der Waals surface area contributed by atoms with Crippen LogP contribution in [0.4, 0.5) is 0 Å². The summed E-state index contributed by atoms with van der Waals surface area (Å²) in [7, 11) is 0. The van der Waals surface area contributed by atoms with E-state index in [2.05, 4.69) is 21.9 Å². The predicted octanol–water partition coefficient (Wildman–Crippen LogP) is -2.64. The fourth-order valence-corrected chi connectivity index (χ4v) is 3.06. The topological polar surface area (TPSA) is 229 Å². The van der Waals surface area contributed by atoms with Gasteiger partial charge in [0.1, 0.15) is 18.3 Å². The monoisotopic (exact) mass is 504 g/mol. The largest absolute Gasteiger partial charge is 0.394 e. The third-order valence-electron chi connectivity index (χ3n) is 4.70. The summed E-state index contributed by atoms with van der Waals surface area (Å²) in [5, 5.41) is 32.2. The lowest BCUT2D eigenvalue weighted by molar-refractivity contribution is -0.0554. The van der Waals surface area contributed by atoms with Crippen molar-refractivity contribution >= 4 is 5.70 Å². The van der Waals surface area contributed by atoms with Crippen LogP contribution in [0.5, 0.6) is 0 Å². The number of nitrogens with one attached hydrogen (secondary N) is 4. The van der Waals surface area contributed by atoms with Crippen LogP contribution >= 0.6 is 0 Å². The maximum Gasteiger partial charge on any atom is 0.331 e. The second-order valence-corrected chi connectivity index (χ2v) is 7.21. The highest BCUT2D eigenvalue weighted by Crippen LogP contribution is 2.30. The number of hydrogen-bond acceptors (Lipinski definition) is 10. The molecule has 4 rings (SSSR count). The zero-order chi connectivity index (χ0) is 26.7. The lowest BCUT2D eigenvalue weighted by Gasteiger charge is -2.22. The first-order chi connectivity index (χ1) is 17.2. The molecule has 9 N–H and O–H groups in total. The van der Waals surface area contributed by atoms with Crippen molar-refractivity contribution < 1.29 is 20.1 Å². The highest BCUT2D eigenvalue weighted by atomic mass is 16.6. The average Bonchev–Trinajstić information content (AvgIpc) is 3.02. The van der Waals surface area contributed by atoms with Crippen LogP contribution in [0.25, 0.3) is 5.70 Å². The molecule has 0 radical (unpaired) electrons. The first kappa shape index (κ1) is 28.2. The van der Waals surface area contributed by atoms with Gasteiger partial charge in [0.25, 0.3) is 11.1 Å². The molecule has 2 aromatic rings. The van der Waals surface area contributed by atoms with E-state index in [0.717, 1.165) is 4.57 Å². The van der Waals surface area contributed by atoms with E-state index in [1.54, 1.807) is 36.6 Å². The van der Waals surface area contributed by atoms with Crippen molar-refractivity contribution in [2.24, 2.45) is 5.73 Å². The molecule has 4 heterocycles. The number of aliphatic hydroxyl groups excluding tert-OH is 3. The van der Waals surface area contributed by atoms with Crippen LogP contribution in [0.2, 0.25) is 0 Å². The van der Waals surface area contributed by atoms with Crippen molar-refractivity contribution in [2.75, 3.05) is 13.2 Å². The molecule has 2 aliphatic heterocycles. The standard InChI is InChI=1S/C15H17N3O6.C4H4N2O2.C3H7N/c19-7-10-12(21)13(22)14(24-10)18-9(6-11(20)17-15(18)23)8-4-2-1-3-5-16-8;7-3-1-2-5-4(8)6-3;1-2-3-4/h1-6,10,12-14,16,19,21-22H,7H2,(H,17,20,23);1-2H,(H2,5,6,7,8);2H,1,3-4H2/t10-,12-,13-,14-;;/m1../s1. The Balaban J connectivity index is 0.000000314. The van der Waals surface area contributed by atoms with Crippen molar-refractivity contribution in [3.05, 3.63) is 109 Å². The van der Waals surface area contributed by atoms with Crippen molar-refractivity contribution in [1.29, 1.82) is 0 Å².